The third-order valence-electron chi connectivity index (χ3n) is 3.06. The molecule has 1 fully saturated rings. The van der Waals surface area contributed by atoms with E-state index in [1.807, 2.05) is 0 Å². The highest BCUT2D eigenvalue weighted by molar-refractivity contribution is 5.68. The number of β-amino-alcohol motifs (C(OH)–C–C–N with tert-alkyl or cyclic N) is 1. The van der Waals surface area contributed by atoms with Crippen molar-refractivity contribution in [1.29, 1.82) is 0 Å². The molecule has 2 N–H and O–H groups in total. The number of likely N-dealkylation sites (tertiary alicyclic amines) is 1. The van der Waals surface area contributed by atoms with Crippen LogP contribution in [0.2, 0.25) is 0 Å². The molecule has 1 saturated heterocycles. The van der Waals surface area contributed by atoms with E-state index in [0.717, 1.165) is 13.0 Å². The third-order valence-corrected chi connectivity index (χ3v) is 3.06. The van der Waals surface area contributed by atoms with E-state index in [0.29, 0.717) is 19.0 Å². The van der Waals surface area contributed by atoms with Crippen LogP contribution in [0.3, 0.4) is 0 Å². The molecule has 2 atom stereocenters. The molecule has 0 aromatic rings. The summed E-state index contributed by atoms with van der Waals surface area (Å²) < 4.78 is 0. The average Bonchev–Trinajstić information content (AvgIpc) is 2.45. The smallest absolute Gasteiger partial charge is 0.306 e. The molecule has 14 heavy (non-hydrogen) atoms. The van der Waals surface area contributed by atoms with Crippen molar-refractivity contribution in [3.05, 3.63) is 0 Å². The number of carboxylic acid groups (broad SMARTS) is 1. The van der Waals surface area contributed by atoms with Gasteiger partial charge in [-0.05, 0) is 19.8 Å². The lowest BCUT2D eigenvalue weighted by molar-refractivity contribution is -0.142. The quantitative estimate of drug-likeness (QED) is 0.702. The van der Waals surface area contributed by atoms with Crippen molar-refractivity contribution < 1.29 is 15.0 Å². The van der Waals surface area contributed by atoms with Gasteiger partial charge in [0.25, 0.3) is 0 Å². The molecule has 82 valence electrons. The van der Waals surface area contributed by atoms with E-state index >= 15 is 0 Å². The Balaban J connectivity index is 2.50. The summed E-state index contributed by atoms with van der Waals surface area (Å²) in [5, 5.41) is 18.6. The number of aliphatic hydroxyl groups is 1. The van der Waals surface area contributed by atoms with Gasteiger partial charge in [-0.3, -0.25) is 9.69 Å². The minimum atomic E-state index is -1.00. The van der Waals surface area contributed by atoms with Gasteiger partial charge in [-0.15, -0.1) is 0 Å². The van der Waals surface area contributed by atoms with Gasteiger partial charge in [-0.1, -0.05) is 6.92 Å². The molecule has 0 saturated carbocycles. The Kier molecular flexibility index (Phi) is 3.50. The molecule has 4 heteroatoms. The molecule has 1 heterocycles. The van der Waals surface area contributed by atoms with Crippen molar-refractivity contribution >= 4 is 5.97 Å². The molecule has 0 bridgehead atoms. The van der Waals surface area contributed by atoms with Gasteiger partial charge < -0.3 is 10.2 Å². The van der Waals surface area contributed by atoms with Crippen LogP contribution in [0.4, 0.5) is 0 Å². The first kappa shape index (κ1) is 11.5. The molecule has 2 unspecified atom stereocenters. The molecule has 1 aliphatic heterocycles. The minimum Gasteiger partial charge on any atom is -0.481 e. The molecule has 0 aromatic heterocycles. The van der Waals surface area contributed by atoms with E-state index in [9.17, 15) is 9.90 Å². The first-order chi connectivity index (χ1) is 6.47. The highest BCUT2D eigenvalue weighted by Gasteiger charge is 2.38. The predicted octanol–water partition coefficient (Wildman–Crippen LogP) is 0.696. The zero-order valence-corrected chi connectivity index (χ0v) is 8.86. The van der Waals surface area contributed by atoms with Gasteiger partial charge in [0.1, 0.15) is 0 Å². The molecule has 1 rings (SSSR count). The van der Waals surface area contributed by atoms with Crippen molar-refractivity contribution in [1.82, 2.24) is 4.90 Å². The number of carboxylic acids is 1. The Labute approximate surface area is 84.5 Å². The molecule has 0 spiro atoms. The maximum atomic E-state index is 10.5. The fourth-order valence-corrected chi connectivity index (χ4v) is 1.95. The fourth-order valence-electron chi connectivity index (χ4n) is 1.95. The Hall–Kier alpha value is -0.610. The number of carbonyl (C=O) groups is 1. The van der Waals surface area contributed by atoms with Crippen molar-refractivity contribution in [3.8, 4) is 0 Å². The van der Waals surface area contributed by atoms with Gasteiger partial charge in [-0.25, -0.2) is 0 Å². The Morgan fingerprint density at radius 1 is 1.64 bits per heavy atom. The SMILES string of the molecule is CCC(C)N1CCC(O)(CC(=O)O)C1. The first-order valence-corrected chi connectivity index (χ1v) is 5.15. The van der Waals surface area contributed by atoms with Crippen LogP contribution in [0.25, 0.3) is 0 Å². The topological polar surface area (TPSA) is 60.8 Å². The summed E-state index contributed by atoms with van der Waals surface area (Å²) in [5.41, 5.74) is -1.00. The summed E-state index contributed by atoms with van der Waals surface area (Å²) in [5.74, 6) is -0.918. The fraction of sp³-hybridized carbons (Fsp3) is 0.900. The molecule has 4 nitrogen and oxygen atoms in total. The summed E-state index contributed by atoms with van der Waals surface area (Å²) >= 11 is 0. The largest absolute Gasteiger partial charge is 0.481 e. The van der Waals surface area contributed by atoms with Gasteiger partial charge in [0.15, 0.2) is 0 Å². The number of aliphatic carboxylic acids is 1. The van der Waals surface area contributed by atoms with Crippen molar-refractivity contribution in [2.45, 2.75) is 44.8 Å². The second-order valence-electron chi connectivity index (χ2n) is 4.27. The van der Waals surface area contributed by atoms with Crippen LogP contribution in [0, 0.1) is 0 Å². The maximum absolute atomic E-state index is 10.5. The third kappa shape index (κ3) is 2.69. The molecule has 0 radical (unpaired) electrons. The maximum Gasteiger partial charge on any atom is 0.306 e. The van der Waals surface area contributed by atoms with Crippen LogP contribution in [0.5, 0.6) is 0 Å². The predicted molar refractivity (Wildman–Crippen MR) is 53.1 cm³/mol. The van der Waals surface area contributed by atoms with Crippen LogP contribution in [0.15, 0.2) is 0 Å². The molecule has 0 amide bonds. The number of hydrogen-bond donors (Lipinski definition) is 2. The van der Waals surface area contributed by atoms with Crippen LogP contribution < -0.4 is 0 Å². The normalized spacial score (nSPS) is 30.5. The molecule has 0 aromatic carbocycles. The van der Waals surface area contributed by atoms with E-state index in [-0.39, 0.29) is 6.42 Å². The summed E-state index contributed by atoms with van der Waals surface area (Å²) in [6.07, 6.45) is 1.47. The van der Waals surface area contributed by atoms with Crippen molar-refractivity contribution in [2.75, 3.05) is 13.1 Å². The van der Waals surface area contributed by atoms with E-state index in [4.69, 9.17) is 5.11 Å². The van der Waals surface area contributed by atoms with Crippen LogP contribution in [-0.2, 0) is 4.79 Å². The molecular formula is C10H19NO3. The van der Waals surface area contributed by atoms with E-state index in [2.05, 4.69) is 18.7 Å². The standard InChI is InChI=1S/C10H19NO3/c1-3-8(2)11-5-4-10(14,7-11)6-9(12)13/h8,14H,3-7H2,1-2H3,(H,12,13). The van der Waals surface area contributed by atoms with Gasteiger partial charge in [-0.2, -0.15) is 0 Å². The summed E-state index contributed by atoms with van der Waals surface area (Å²) in [7, 11) is 0. The summed E-state index contributed by atoms with van der Waals surface area (Å²) in [6, 6.07) is 0.429. The lowest BCUT2D eigenvalue weighted by atomic mass is 9.99. The van der Waals surface area contributed by atoms with Crippen LogP contribution in [0.1, 0.15) is 33.1 Å². The molecule has 1 aliphatic rings. The molecular weight excluding hydrogens is 182 g/mol. The number of rotatable bonds is 4. The van der Waals surface area contributed by atoms with E-state index in [1.54, 1.807) is 0 Å². The second-order valence-corrected chi connectivity index (χ2v) is 4.27. The van der Waals surface area contributed by atoms with Gasteiger partial charge in [0.2, 0.25) is 0 Å². The highest BCUT2D eigenvalue weighted by atomic mass is 16.4. The summed E-state index contributed by atoms with van der Waals surface area (Å²) in [4.78, 5) is 12.7. The van der Waals surface area contributed by atoms with Crippen LogP contribution in [-0.4, -0.2) is 45.8 Å². The van der Waals surface area contributed by atoms with E-state index < -0.39 is 11.6 Å². The lowest BCUT2D eigenvalue weighted by Gasteiger charge is -2.25. The van der Waals surface area contributed by atoms with Gasteiger partial charge >= 0.3 is 5.97 Å². The van der Waals surface area contributed by atoms with Crippen molar-refractivity contribution in [2.24, 2.45) is 0 Å². The average molecular weight is 201 g/mol. The number of hydrogen-bond acceptors (Lipinski definition) is 3. The first-order valence-electron chi connectivity index (χ1n) is 5.15. The minimum absolute atomic E-state index is 0.139. The monoisotopic (exact) mass is 201 g/mol. The van der Waals surface area contributed by atoms with E-state index in [1.165, 1.54) is 0 Å². The second kappa shape index (κ2) is 4.28. The summed E-state index contributed by atoms with van der Waals surface area (Å²) in [6.45, 7) is 5.50. The zero-order valence-electron chi connectivity index (χ0n) is 8.86. The lowest BCUT2D eigenvalue weighted by Crippen LogP contribution is -2.38. The van der Waals surface area contributed by atoms with Crippen molar-refractivity contribution in [3.63, 3.8) is 0 Å². The van der Waals surface area contributed by atoms with Gasteiger partial charge in [0.05, 0.1) is 12.0 Å². The van der Waals surface area contributed by atoms with Crippen LogP contribution >= 0.6 is 0 Å². The number of nitrogens with zero attached hydrogens (tertiary/aromatic N) is 1. The Morgan fingerprint density at radius 2 is 2.29 bits per heavy atom. The Morgan fingerprint density at radius 3 is 2.79 bits per heavy atom. The Bertz CT molecular complexity index is 219. The highest BCUT2D eigenvalue weighted by Crippen LogP contribution is 2.26. The zero-order chi connectivity index (χ0) is 10.8. The van der Waals surface area contributed by atoms with Gasteiger partial charge in [0, 0.05) is 19.1 Å². The molecule has 0 aliphatic carbocycles.